The van der Waals surface area contributed by atoms with E-state index in [-0.39, 0.29) is 0 Å². The molecule has 5 nitrogen and oxygen atoms in total. The molecule has 0 heterocycles. The van der Waals surface area contributed by atoms with Crippen molar-refractivity contribution >= 4 is 22.4 Å². The molecule has 0 amide bonds. The van der Waals surface area contributed by atoms with Gasteiger partial charge in [-0.05, 0) is 43.3 Å². The van der Waals surface area contributed by atoms with Gasteiger partial charge in [0, 0.05) is 0 Å². The quantitative estimate of drug-likeness (QED) is 0.817. The van der Waals surface area contributed by atoms with E-state index in [9.17, 15) is 8.42 Å². The highest BCUT2D eigenvalue weighted by molar-refractivity contribution is 7.91. The van der Waals surface area contributed by atoms with Gasteiger partial charge in [0.15, 0.2) is 0 Å². The number of hydrogen-bond acceptors (Lipinski definition) is 5. The predicted octanol–water partition coefficient (Wildman–Crippen LogP) is 2.70. The second-order valence-electron chi connectivity index (χ2n) is 4.08. The molecule has 0 fully saturated rings. The summed E-state index contributed by atoms with van der Waals surface area (Å²) in [6.45, 7) is 1.92. The summed E-state index contributed by atoms with van der Waals surface area (Å²) in [4.78, 5) is 0.423. The lowest BCUT2D eigenvalue weighted by atomic mass is 10.2. The van der Waals surface area contributed by atoms with Crippen molar-refractivity contribution in [1.29, 1.82) is 0 Å². The van der Waals surface area contributed by atoms with Gasteiger partial charge in [-0.25, -0.2) is 4.21 Å². The normalized spacial score (nSPS) is 13.4. The third kappa shape index (κ3) is 4.66. The van der Waals surface area contributed by atoms with E-state index in [2.05, 4.69) is 0 Å². The first kappa shape index (κ1) is 15.7. The van der Waals surface area contributed by atoms with Gasteiger partial charge in [0.25, 0.3) is 0 Å². The van der Waals surface area contributed by atoms with Gasteiger partial charge >= 0.3 is 11.4 Å². The van der Waals surface area contributed by atoms with E-state index in [0.29, 0.717) is 16.4 Å². The van der Waals surface area contributed by atoms with Crippen LogP contribution in [0.3, 0.4) is 0 Å². The Kier molecular flexibility index (Phi) is 5.49. The third-order valence-electron chi connectivity index (χ3n) is 2.55. The SMILES string of the molecule is COc1ccc(OS(=O)OS(=O)c2ccc(C)cc2)cc1. The van der Waals surface area contributed by atoms with Crippen LogP contribution >= 0.6 is 0 Å². The highest BCUT2D eigenvalue weighted by Gasteiger charge is 2.12. The fourth-order valence-electron chi connectivity index (χ4n) is 1.46. The van der Waals surface area contributed by atoms with Crippen LogP contribution in [0.25, 0.3) is 0 Å². The first-order chi connectivity index (χ1) is 10.1. The summed E-state index contributed by atoms with van der Waals surface area (Å²) in [6.07, 6.45) is 0. The molecule has 21 heavy (non-hydrogen) atoms. The Morgan fingerprint density at radius 3 is 2.00 bits per heavy atom. The van der Waals surface area contributed by atoms with Crippen molar-refractivity contribution in [2.75, 3.05) is 7.11 Å². The molecular weight excluding hydrogens is 312 g/mol. The maximum atomic E-state index is 11.9. The lowest BCUT2D eigenvalue weighted by Gasteiger charge is -2.05. The van der Waals surface area contributed by atoms with E-state index in [1.807, 2.05) is 6.92 Å². The molecule has 0 aliphatic carbocycles. The molecule has 2 unspecified atom stereocenters. The topological polar surface area (TPSA) is 61.8 Å². The number of methoxy groups -OCH3 is 1. The maximum absolute atomic E-state index is 11.9. The van der Waals surface area contributed by atoms with Crippen LogP contribution in [0, 0.1) is 6.92 Å². The number of hydrogen-bond donors (Lipinski definition) is 0. The van der Waals surface area contributed by atoms with Crippen LogP contribution in [0.15, 0.2) is 53.4 Å². The maximum Gasteiger partial charge on any atom is 0.374 e. The Balaban J connectivity index is 1.94. The molecule has 0 saturated heterocycles. The summed E-state index contributed by atoms with van der Waals surface area (Å²) < 4.78 is 38.4. The van der Waals surface area contributed by atoms with Gasteiger partial charge in [0.2, 0.25) is 11.1 Å². The van der Waals surface area contributed by atoms with Crippen molar-refractivity contribution in [2.24, 2.45) is 0 Å². The Bertz CT molecular complexity index is 637. The smallest absolute Gasteiger partial charge is 0.374 e. The minimum atomic E-state index is -2.16. The number of ether oxygens (including phenoxy) is 1. The first-order valence-corrected chi connectivity index (χ1v) is 8.07. The Morgan fingerprint density at radius 1 is 0.857 bits per heavy atom. The van der Waals surface area contributed by atoms with Crippen molar-refractivity contribution in [3.8, 4) is 11.5 Å². The van der Waals surface area contributed by atoms with Crippen molar-refractivity contribution in [3.63, 3.8) is 0 Å². The third-order valence-corrected chi connectivity index (χ3v) is 4.48. The standard InChI is InChI=1S/C14H14O5S2/c1-11-3-9-14(10-4-11)20(15)19-21(16)18-13-7-5-12(17-2)6-8-13/h3-10H,1-2H3. The number of rotatable bonds is 6. The van der Waals surface area contributed by atoms with Gasteiger partial charge in [-0.2, -0.15) is 7.84 Å². The van der Waals surface area contributed by atoms with Crippen molar-refractivity contribution in [1.82, 2.24) is 0 Å². The van der Waals surface area contributed by atoms with Crippen molar-refractivity contribution in [2.45, 2.75) is 11.8 Å². The molecule has 0 spiro atoms. The van der Waals surface area contributed by atoms with E-state index in [4.69, 9.17) is 12.5 Å². The van der Waals surface area contributed by atoms with Crippen LogP contribution in [-0.2, 0) is 26.1 Å². The van der Waals surface area contributed by atoms with E-state index in [1.165, 1.54) is 0 Å². The Hall–Kier alpha value is -1.70. The largest absolute Gasteiger partial charge is 0.497 e. The predicted molar refractivity (Wildman–Crippen MR) is 80.4 cm³/mol. The van der Waals surface area contributed by atoms with E-state index in [1.54, 1.807) is 55.6 Å². The fourth-order valence-corrected chi connectivity index (χ4v) is 2.92. The highest BCUT2D eigenvalue weighted by atomic mass is 32.3. The number of benzene rings is 2. The molecule has 0 bridgehead atoms. The second-order valence-corrected chi connectivity index (χ2v) is 6.14. The Labute approximate surface area is 128 Å². The molecule has 2 rings (SSSR count). The molecule has 0 aliphatic heterocycles. The van der Waals surface area contributed by atoms with E-state index < -0.39 is 22.4 Å². The van der Waals surface area contributed by atoms with Crippen LogP contribution in [0.5, 0.6) is 11.5 Å². The van der Waals surface area contributed by atoms with Gasteiger partial charge < -0.3 is 8.92 Å². The molecule has 0 aliphatic rings. The molecule has 7 heteroatoms. The molecule has 2 aromatic rings. The number of aryl methyl sites for hydroxylation is 1. The summed E-state index contributed by atoms with van der Waals surface area (Å²) in [5.74, 6) is 0.979. The average Bonchev–Trinajstić information content (AvgIpc) is 2.48. The summed E-state index contributed by atoms with van der Waals surface area (Å²) in [7, 11) is 1.54. The molecule has 0 saturated carbocycles. The Morgan fingerprint density at radius 2 is 1.43 bits per heavy atom. The zero-order chi connectivity index (χ0) is 15.2. The van der Waals surface area contributed by atoms with Gasteiger partial charge in [-0.15, -0.1) is 0 Å². The van der Waals surface area contributed by atoms with E-state index >= 15 is 0 Å². The van der Waals surface area contributed by atoms with E-state index in [0.717, 1.165) is 5.56 Å². The minimum Gasteiger partial charge on any atom is -0.497 e. The lowest BCUT2D eigenvalue weighted by molar-refractivity contribution is 0.413. The van der Waals surface area contributed by atoms with Crippen LogP contribution in [0.1, 0.15) is 5.56 Å². The summed E-state index contributed by atoms with van der Waals surface area (Å²) >= 11 is -4.01. The molecule has 112 valence electrons. The van der Waals surface area contributed by atoms with Crippen LogP contribution < -0.4 is 8.92 Å². The zero-order valence-corrected chi connectivity index (χ0v) is 13.1. The average molecular weight is 326 g/mol. The lowest BCUT2D eigenvalue weighted by Crippen LogP contribution is -2.07. The van der Waals surface area contributed by atoms with Gasteiger partial charge in [-0.3, -0.25) is 0 Å². The monoisotopic (exact) mass is 326 g/mol. The van der Waals surface area contributed by atoms with Gasteiger partial charge in [0.05, 0.1) is 12.0 Å². The highest BCUT2D eigenvalue weighted by Crippen LogP contribution is 2.19. The van der Waals surface area contributed by atoms with Gasteiger partial charge in [0.1, 0.15) is 11.5 Å². The summed E-state index contributed by atoms with van der Waals surface area (Å²) in [6, 6.07) is 13.4. The molecule has 0 N–H and O–H groups in total. The van der Waals surface area contributed by atoms with Crippen molar-refractivity contribution in [3.05, 3.63) is 54.1 Å². The summed E-state index contributed by atoms with van der Waals surface area (Å²) in [5.41, 5.74) is 1.03. The van der Waals surface area contributed by atoms with Crippen molar-refractivity contribution < 1.29 is 21.0 Å². The molecule has 2 atom stereocenters. The molecule has 0 aromatic heterocycles. The fraction of sp³-hybridized carbons (Fsp3) is 0.143. The van der Waals surface area contributed by atoms with Crippen LogP contribution in [0.4, 0.5) is 0 Å². The minimum absolute atomic E-state index is 0.329. The molecular formula is C14H14O5S2. The zero-order valence-electron chi connectivity index (χ0n) is 11.5. The second kappa shape index (κ2) is 7.35. The van der Waals surface area contributed by atoms with Gasteiger partial charge in [-0.1, -0.05) is 17.7 Å². The first-order valence-electron chi connectivity index (χ1n) is 6.00. The van der Waals surface area contributed by atoms with Crippen LogP contribution in [0.2, 0.25) is 0 Å². The molecule has 0 radical (unpaired) electrons. The molecule has 2 aromatic carbocycles. The van der Waals surface area contributed by atoms with Crippen LogP contribution in [-0.4, -0.2) is 15.5 Å². The summed E-state index contributed by atoms with van der Waals surface area (Å²) in [5, 5.41) is 0.